The molecule has 0 saturated heterocycles. The summed E-state index contributed by atoms with van der Waals surface area (Å²) in [6, 6.07) is 4.79. The van der Waals surface area contributed by atoms with Gasteiger partial charge in [-0.2, -0.15) is 0 Å². The Morgan fingerprint density at radius 1 is 1.32 bits per heavy atom. The molecule has 1 aromatic carbocycles. The number of benzene rings is 1. The lowest BCUT2D eigenvalue weighted by atomic mass is 10.0. The fraction of sp³-hybridized carbons (Fsp3) is 0.533. The maximum Gasteiger partial charge on any atom is 0.129 e. The van der Waals surface area contributed by atoms with Crippen molar-refractivity contribution in [2.24, 2.45) is 0 Å². The van der Waals surface area contributed by atoms with Gasteiger partial charge < -0.3 is 9.88 Å². The van der Waals surface area contributed by atoms with E-state index in [2.05, 4.69) is 37.6 Å². The molecule has 1 N–H and O–H groups in total. The highest BCUT2D eigenvalue weighted by Gasteiger charge is 2.26. The number of hydrogen-bond donors (Lipinski definition) is 1. The number of rotatable bonds is 5. The summed E-state index contributed by atoms with van der Waals surface area (Å²) >= 11 is 0. The number of aromatic nitrogens is 2. The van der Waals surface area contributed by atoms with Gasteiger partial charge >= 0.3 is 0 Å². The molecular weight excluding hydrogens is 241 g/mol. The summed E-state index contributed by atoms with van der Waals surface area (Å²) in [4.78, 5) is 4.70. The van der Waals surface area contributed by atoms with Gasteiger partial charge in [-0.05, 0) is 45.0 Å². The van der Waals surface area contributed by atoms with Crippen LogP contribution in [0.3, 0.4) is 0 Å². The molecule has 4 heteroatoms. The van der Waals surface area contributed by atoms with Crippen molar-refractivity contribution >= 4 is 11.0 Å². The second-order valence-electron chi connectivity index (χ2n) is 5.38. The Morgan fingerprint density at radius 3 is 2.68 bits per heavy atom. The first-order chi connectivity index (χ1) is 8.99. The molecule has 1 aromatic heterocycles. The van der Waals surface area contributed by atoms with Crippen molar-refractivity contribution in [3.05, 3.63) is 29.8 Å². The van der Waals surface area contributed by atoms with Gasteiger partial charge in [0.1, 0.15) is 11.6 Å². The normalized spacial score (nSPS) is 12.3. The summed E-state index contributed by atoms with van der Waals surface area (Å²) in [5, 5.41) is 3.44. The molecule has 104 valence electrons. The van der Waals surface area contributed by atoms with E-state index in [-0.39, 0.29) is 11.4 Å². The molecule has 2 aromatic rings. The molecule has 0 amide bonds. The minimum atomic E-state index is -0.223. The minimum Gasteiger partial charge on any atom is -0.326 e. The minimum absolute atomic E-state index is 0.211. The Balaban J connectivity index is 2.62. The fourth-order valence-electron chi connectivity index (χ4n) is 2.54. The number of imidazole rings is 1. The average Bonchev–Trinajstić information content (AvgIpc) is 2.69. The van der Waals surface area contributed by atoms with Crippen molar-refractivity contribution in [1.29, 1.82) is 0 Å². The first-order valence-corrected chi connectivity index (χ1v) is 6.91. The van der Waals surface area contributed by atoms with Crippen LogP contribution in [-0.2, 0) is 12.1 Å². The van der Waals surface area contributed by atoms with Gasteiger partial charge in [0.25, 0.3) is 0 Å². The molecule has 0 saturated carbocycles. The highest BCUT2D eigenvalue weighted by Crippen LogP contribution is 2.25. The summed E-state index contributed by atoms with van der Waals surface area (Å²) in [5.41, 5.74) is 1.51. The average molecular weight is 263 g/mol. The largest absolute Gasteiger partial charge is 0.326 e. The van der Waals surface area contributed by atoms with E-state index in [4.69, 9.17) is 4.98 Å². The lowest BCUT2D eigenvalue weighted by Gasteiger charge is -2.26. The van der Waals surface area contributed by atoms with Crippen molar-refractivity contribution in [3.63, 3.8) is 0 Å². The van der Waals surface area contributed by atoms with E-state index < -0.39 is 0 Å². The molecule has 0 aliphatic rings. The van der Waals surface area contributed by atoms with E-state index in [0.29, 0.717) is 0 Å². The second-order valence-corrected chi connectivity index (χ2v) is 5.38. The zero-order valence-electron chi connectivity index (χ0n) is 12.1. The third-order valence-corrected chi connectivity index (χ3v) is 3.34. The predicted octanol–water partition coefficient (Wildman–Crippen LogP) is 3.43. The number of hydrogen-bond acceptors (Lipinski definition) is 2. The van der Waals surface area contributed by atoms with Crippen molar-refractivity contribution < 1.29 is 4.39 Å². The van der Waals surface area contributed by atoms with Gasteiger partial charge in [0.2, 0.25) is 0 Å². The number of nitrogens with zero attached hydrogens (tertiary/aromatic N) is 2. The third-order valence-electron chi connectivity index (χ3n) is 3.34. The molecule has 1 heterocycles. The molecular formula is C15H22FN3. The van der Waals surface area contributed by atoms with E-state index in [1.807, 2.05) is 0 Å². The fourth-order valence-corrected chi connectivity index (χ4v) is 2.54. The number of halogens is 1. The topological polar surface area (TPSA) is 29.9 Å². The van der Waals surface area contributed by atoms with Crippen LogP contribution in [0.4, 0.5) is 4.39 Å². The smallest absolute Gasteiger partial charge is 0.129 e. The van der Waals surface area contributed by atoms with Gasteiger partial charge in [-0.15, -0.1) is 0 Å². The second kappa shape index (κ2) is 5.29. The van der Waals surface area contributed by atoms with Crippen LogP contribution in [-0.4, -0.2) is 16.1 Å². The predicted molar refractivity (Wildman–Crippen MR) is 76.7 cm³/mol. The molecule has 0 fully saturated rings. The van der Waals surface area contributed by atoms with Crippen LogP contribution in [0.15, 0.2) is 18.2 Å². The van der Waals surface area contributed by atoms with E-state index in [0.717, 1.165) is 36.4 Å². The Hall–Kier alpha value is -1.42. The van der Waals surface area contributed by atoms with Gasteiger partial charge in [0.05, 0.1) is 16.6 Å². The van der Waals surface area contributed by atoms with E-state index in [9.17, 15) is 4.39 Å². The maximum absolute atomic E-state index is 13.5. The SMILES string of the molecule is CCCn1c(C(C)(C)NCC)nc2ccc(F)cc21. The Labute approximate surface area is 113 Å². The summed E-state index contributed by atoms with van der Waals surface area (Å²) in [6.45, 7) is 10.1. The first kappa shape index (κ1) is 14.0. The molecule has 0 bridgehead atoms. The molecule has 0 aliphatic heterocycles. The molecule has 0 spiro atoms. The molecule has 0 atom stereocenters. The summed E-state index contributed by atoms with van der Waals surface area (Å²) in [5.74, 6) is 0.759. The summed E-state index contributed by atoms with van der Waals surface area (Å²) < 4.78 is 15.6. The number of nitrogens with one attached hydrogen (secondary N) is 1. The molecule has 19 heavy (non-hydrogen) atoms. The van der Waals surface area contributed by atoms with E-state index in [1.54, 1.807) is 12.1 Å². The Kier molecular flexibility index (Phi) is 3.90. The Bertz CT molecular complexity index is 572. The molecule has 0 aliphatic carbocycles. The maximum atomic E-state index is 13.5. The van der Waals surface area contributed by atoms with Crippen LogP contribution in [0, 0.1) is 5.82 Å². The molecule has 0 unspecified atom stereocenters. The van der Waals surface area contributed by atoms with Gasteiger partial charge in [-0.25, -0.2) is 9.37 Å². The van der Waals surface area contributed by atoms with E-state index >= 15 is 0 Å². The first-order valence-electron chi connectivity index (χ1n) is 6.91. The van der Waals surface area contributed by atoms with Gasteiger partial charge in [-0.1, -0.05) is 13.8 Å². The standard InChI is InChI=1S/C15H22FN3/c1-5-9-19-13-10-11(16)7-8-12(13)18-14(19)15(3,4)17-6-2/h7-8,10,17H,5-6,9H2,1-4H3. The summed E-state index contributed by atoms with van der Waals surface area (Å²) in [7, 11) is 0. The third kappa shape index (κ3) is 2.63. The molecule has 3 nitrogen and oxygen atoms in total. The zero-order chi connectivity index (χ0) is 14.0. The Morgan fingerprint density at radius 2 is 2.05 bits per heavy atom. The van der Waals surface area contributed by atoms with Crippen LogP contribution in [0.25, 0.3) is 11.0 Å². The van der Waals surface area contributed by atoms with Crippen LogP contribution in [0.1, 0.15) is 39.9 Å². The monoisotopic (exact) mass is 263 g/mol. The van der Waals surface area contributed by atoms with Crippen LogP contribution >= 0.6 is 0 Å². The van der Waals surface area contributed by atoms with Gasteiger partial charge in [0, 0.05) is 6.54 Å². The molecule has 0 radical (unpaired) electrons. The highest BCUT2D eigenvalue weighted by molar-refractivity contribution is 5.76. The van der Waals surface area contributed by atoms with Crippen molar-refractivity contribution in [1.82, 2.24) is 14.9 Å². The van der Waals surface area contributed by atoms with Crippen LogP contribution in [0.2, 0.25) is 0 Å². The van der Waals surface area contributed by atoms with Crippen molar-refractivity contribution in [3.8, 4) is 0 Å². The van der Waals surface area contributed by atoms with E-state index in [1.165, 1.54) is 6.07 Å². The van der Waals surface area contributed by atoms with Gasteiger partial charge in [0.15, 0.2) is 0 Å². The zero-order valence-corrected chi connectivity index (χ0v) is 12.1. The lowest BCUT2D eigenvalue weighted by molar-refractivity contribution is 0.374. The number of aryl methyl sites for hydroxylation is 1. The highest BCUT2D eigenvalue weighted by atomic mass is 19.1. The quantitative estimate of drug-likeness (QED) is 0.895. The molecule has 2 rings (SSSR count). The lowest BCUT2D eigenvalue weighted by Crippen LogP contribution is -2.39. The number of fused-ring (bicyclic) bond motifs is 1. The van der Waals surface area contributed by atoms with Crippen molar-refractivity contribution in [2.75, 3.05) is 6.54 Å². The van der Waals surface area contributed by atoms with Crippen LogP contribution < -0.4 is 5.32 Å². The van der Waals surface area contributed by atoms with Gasteiger partial charge in [-0.3, -0.25) is 0 Å². The van der Waals surface area contributed by atoms with Crippen molar-refractivity contribution in [2.45, 2.75) is 46.2 Å². The van der Waals surface area contributed by atoms with Crippen LogP contribution in [0.5, 0.6) is 0 Å². The summed E-state index contributed by atoms with van der Waals surface area (Å²) in [6.07, 6.45) is 0.997.